The molecule has 1 aromatic rings. The summed E-state index contributed by atoms with van der Waals surface area (Å²) in [6.45, 7) is 4.03. The van der Waals surface area contributed by atoms with Crippen LogP contribution < -0.4 is 0 Å². The molecule has 2 rings (SSSR count). The molecule has 17 heavy (non-hydrogen) atoms. The van der Waals surface area contributed by atoms with Crippen molar-refractivity contribution in [1.29, 1.82) is 0 Å². The molecule has 1 aromatic heterocycles. The number of aliphatic hydroxyl groups excluding tert-OH is 1. The highest BCUT2D eigenvalue weighted by Crippen LogP contribution is 2.46. The fourth-order valence-corrected chi connectivity index (χ4v) is 2.62. The Morgan fingerprint density at radius 3 is 2.59 bits per heavy atom. The summed E-state index contributed by atoms with van der Waals surface area (Å²) in [4.78, 5) is 0. The predicted octanol–water partition coefficient (Wildman–Crippen LogP) is 2.72. The number of aliphatic hydroxyl groups is 1. The zero-order valence-electron chi connectivity index (χ0n) is 10.5. The highest BCUT2D eigenvalue weighted by Gasteiger charge is 2.46. The molecule has 1 heterocycles. The molecule has 1 saturated carbocycles. The van der Waals surface area contributed by atoms with E-state index in [0.29, 0.717) is 10.7 Å². The Hall–Kier alpha value is -0.580. The summed E-state index contributed by atoms with van der Waals surface area (Å²) in [6, 6.07) is 0.168. The average Bonchev–Trinajstić information content (AvgIpc) is 2.59. The third-order valence-corrected chi connectivity index (χ3v) is 3.93. The maximum atomic E-state index is 10.5. The molecular formula is C12H19ClN2O2. The molecule has 1 atom stereocenters. The zero-order valence-corrected chi connectivity index (χ0v) is 11.2. The number of hydrogen-bond acceptors (Lipinski definition) is 3. The molecule has 1 fully saturated rings. The molecule has 5 heteroatoms. The first-order valence-corrected chi connectivity index (χ1v) is 6.36. The fourth-order valence-electron chi connectivity index (χ4n) is 2.38. The van der Waals surface area contributed by atoms with Gasteiger partial charge in [-0.25, -0.2) is 0 Å². The van der Waals surface area contributed by atoms with Crippen LogP contribution in [0.4, 0.5) is 0 Å². The van der Waals surface area contributed by atoms with Crippen LogP contribution in [0.3, 0.4) is 0 Å². The lowest BCUT2D eigenvalue weighted by atomic mass is 9.74. The van der Waals surface area contributed by atoms with Crippen LogP contribution in [0, 0.1) is 0 Å². The Morgan fingerprint density at radius 2 is 2.18 bits per heavy atom. The van der Waals surface area contributed by atoms with E-state index in [-0.39, 0.29) is 6.04 Å². The largest absolute Gasteiger partial charge is 0.384 e. The number of methoxy groups -OCH3 is 1. The van der Waals surface area contributed by atoms with Crippen molar-refractivity contribution in [3.8, 4) is 0 Å². The highest BCUT2D eigenvalue weighted by molar-refractivity contribution is 6.31. The normalized spacial score (nSPS) is 20.4. The second-order valence-electron chi connectivity index (χ2n) is 4.94. The van der Waals surface area contributed by atoms with Gasteiger partial charge in [-0.2, -0.15) is 5.10 Å². The van der Waals surface area contributed by atoms with Crippen molar-refractivity contribution >= 4 is 11.6 Å². The van der Waals surface area contributed by atoms with Crippen LogP contribution in [-0.2, 0) is 4.74 Å². The summed E-state index contributed by atoms with van der Waals surface area (Å²) in [7, 11) is 1.65. The monoisotopic (exact) mass is 258 g/mol. The maximum Gasteiger partial charge on any atom is 0.126 e. The van der Waals surface area contributed by atoms with Gasteiger partial charge in [0.1, 0.15) is 6.10 Å². The van der Waals surface area contributed by atoms with Crippen molar-refractivity contribution in [2.75, 3.05) is 7.11 Å². The van der Waals surface area contributed by atoms with Gasteiger partial charge in [0.15, 0.2) is 0 Å². The van der Waals surface area contributed by atoms with E-state index in [2.05, 4.69) is 5.10 Å². The van der Waals surface area contributed by atoms with E-state index in [1.165, 1.54) is 0 Å². The first kappa shape index (κ1) is 12.9. The van der Waals surface area contributed by atoms with Gasteiger partial charge in [0, 0.05) is 13.2 Å². The summed E-state index contributed by atoms with van der Waals surface area (Å²) < 4.78 is 7.27. The lowest BCUT2D eigenvalue weighted by molar-refractivity contribution is -0.154. The van der Waals surface area contributed by atoms with Crippen LogP contribution in [0.15, 0.2) is 6.20 Å². The Kier molecular flexibility index (Phi) is 3.48. The topological polar surface area (TPSA) is 47.3 Å². The van der Waals surface area contributed by atoms with Crippen LogP contribution >= 0.6 is 11.6 Å². The van der Waals surface area contributed by atoms with Crippen LogP contribution in [0.1, 0.15) is 50.9 Å². The molecule has 1 aliphatic carbocycles. The van der Waals surface area contributed by atoms with E-state index in [1.54, 1.807) is 18.0 Å². The van der Waals surface area contributed by atoms with Gasteiger partial charge in [0.05, 0.1) is 22.5 Å². The lowest BCUT2D eigenvalue weighted by Crippen LogP contribution is -2.45. The summed E-state index contributed by atoms with van der Waals surface area (Å²) in [5.41, 5.74) is 0.194. The van der Waals surface area contributed by atoms with Gasteiger partial charge in [-0.05, 0) is 33.1 Å². The summed E-state index contributed by atoms with van der Waals surface area (Å²) in [5.74, 6) is 0. The molecule has 4 nitrogen and oxygen atoms in total. The van der Waals surface area contributed by atoms with Crippen molar-refractivity contribution in [2.24, 2.45) is 0 Å². The molecule has 1 aliphatic rings. The van der Waals surface area contributed by atoms with E-state index >= 15 is 0 Å². The predicted molar refractivity (Wildman–Crippen MR) is 66.2 cm³/mol. The van der Waals surface area contributed by atoms with Crippen molar-refractivity contribution in [2.45, 2.75) is 50.9 Å². The quantitative estimate of drug-likeness (QED) is 0.903. The number of rotatable bonds is 4. The van der Waals surface area contributed by atoms with Crippen LogP contribution in [0.25, 0.3) is 0 Å². The van der Waals surface area contributed by atoms with Gasteiger partial charge in [0.2, 0.25) is 0 Å². The summed E-state index contributed by atoms with van der Waals surface area (Å²) in [6.07, 6.45) is 3.69. The minimum absolute atomic E-state index is 0.168. The number of aromatic nitrogens is 2. The fraction of sp³-hybridized carbons (Fsp3) is 0.750. The number of nitrogens with zero attached hydrogens (tertiary/aromatic N) is 2. The zero-order chi connectivity index (χ0) is 12.6. The van der Waals surface area contributed by atoms with Gasteiger partial charge in [-0.1, -0.05) is 11.6 Å². The molecule has 1 N–H and O–H groups in total. The lowest BCUT2D eigenvalue weighted by Gasteiger charge is -2.44. The van der Waals surface area contributed by atoms with E-state index in [9.17, 15) is 5.11 Å². The number of hydrogen-bond donors (Lipinski definition) is 1. The Bertz CT molecular complexity index is 394. The SMILES string of the molecule is COC1(C(O)c2c(Cl)cnn2C(C)C)CCC1. The molecule has 0 aromatic carbocycles. The van der Waals surface area contributed by atoms with Gasteiger partial charge in [-0.3, -0.25) is 4.68 Å². The molecule has 0 spiro atoms. The molecule has 1 unspecified atom stereocenters. The Labute approximate surface area is 107 Å². The number of halogens is 1. The highest BCUT2D eigenvalue weighted by atomic mass is 35.5. The second-order valence-corrected chi connectivity index (χ2v) is 5.35. The van der Waals surface area contributed by atoms with Gasteiger partial charge < -0.3 is 9.84 Å². The van der Waals surface area contributed by atoms with Gasteiger partial charge in [-0.15, -0.1) is 0 Å². The number of ether oxygens (including phenoxy) is 1. The van der Waals surface area contributed by atoms with E-state index in [4.69, 9.17) is 16.3 Å². The van der Waals surface area contributed by atoms with Crippen LogP contribution in [0.5, 0.6) is 0 Å². The first-order valence-electron chi connectivity index (χ1n) is 5.98. The smallest absolute Gasteiger partial charge is 0.126 e. The van der Waals surface area contributed by atoms with E-state index in [1.807, 2.05) is 13.8 Å². The van der Waals surface area contributed by atoms with Crippen molar-refractivity contribution in [3.63, 3.8) is 0 Å². The van der Waals surface area contributed by atoms with Crippen LogP contribution in [-0.4, -0.2) is 27.6 Å². The maximum absolute atomic E-state index is 10.5. The summed E-state index contributed by atoms with van der Waals surface area (Å²) in [5, 5.41) is 15.2. The molecule has 0 aliphatic heterocycles. The standard InChI is InChI=1S/C12H19ClN2O2/c1-8(2)15-10(9(13)7-14-15)11(16)12(17-3)5-4-6-12/h7-8,11,16H,4-6H2,1-3H3. The van der Waals surface area contributed by atoms with E-state index < -0.39 is 11.7 Å². The van der Waals surface area contributed by atoms with Crippen molar-refractivity contribution in [1.82, 2.24) is 9.78 Å². The van der Waals surface area contributed by atoms with E-state index in [0.717, 1.165) is 19.3 Å². The minimum atomic E-state index is -0.710. The Balaban J connectivity index is 2.36. The molecule has 0 radical (unpaired) electrons. The average molecular weight is 259 g/mol. The van der Waals surface area contributed by atoms with Gasteiger partial charge >= 0.3 is 0 Å². The Morgan fingerprint density at radius 1 is 1.53 bits per heavy atom. The van der Waals surface area contributed by atoms with Crippen molar-refractivity contribution < 1.29 is 9.84 Å². The first-order chi connectivity index (χ1) is 8.02. The third kappa shape index (κ3) is 1.98. The molecule has 0 bridgehead atoms. The molecule has 96 valence electrons. The van der Waals surface area contributed by atoms with Crippen LogP contribution in [0.2, 0.25) is 5.02 Å². The minimum Gasteiger partial charge on any atom is -0.384 e. The third-order valence-electron chi connectivity index (χ3n) is 3.64. The molecule has 0 amide bonds. The van der Waals surface area contributed by atoms with Gasteiger partial charge in [0.25, 0.3) is 0 Å². The molecular weight excluding hydrogens is 240 g/mol. The van der Waals surface area contributed by atoms with Crippen molar-refractivity contribution in [3.05, 3.63) is 16.9 Å². The summed E-state index contributed by atoms with van der Waals surface area (Å²) >= 11 is 6.13. The molecule has 0 saturated heterocycles. The second kappa shape index (κ2) is 4.59.